The first-order valence-electron chi connectivity index (χ1n) is 12.1. The average Bonchev–Trinajstić information content (AvgIpc) is 3.53. The van der Waals surface area contributed by atoms with Crippen LogP contribution >= 0.6 is 11.3 Å². The lowest BCUT2D eigenvalue weighted by Gasteiger charge is -2.35. The fraction of sp³-hybridized carbons (Fsp3) is 0.500. The van der Waals surface area contributed by atoms with E-state index < -0.39 is 0 Å². The van der Waals surface area contributed by atoms with Gasteiger partial charge in [-0.15, -0.1) is 11.3 Å². The van der Waals surface area contributed by atoms with Crippen LogP contribution in [0, 0.1) is 5.92 Å². The molecule has 6 nitrogen and oxygen atoms in total. The van der Waals surface area contributed by atoms with Crippen molar-refractivity contribution in [3.8, 4) is 0 Å². The Morgan fingerprint density at radius 2 is 1.73 bits per heavy atom. The third-order valence-electron chi connectivity index (χ3n) is 6.66. The van der Waals surface area contributed by atoms with Crippen molar-refractivity contribution in [1.29, 1.82) is 0 Å². The van der Waals surface area contributed by atoms with Crippen LogP contribution in [0.25, 0.3) is 0 Å². The lowest BCUT2D eigenvalue weighted by Crippen LogP contribution is -2.50. The molecule has 1 aromatic heterocycles. The van der Waals surface area contributed by atoms with E-state index >= 15 is 0 Å². The van der Waals surface area contributed by atoms with E-state index in [0.717, 1.165) is 12.8 Å². The molecule has 2 fully saturated rings. The molecular weight excluding hydrogens is 434 g/mol. The number of rotatable bonds is 8. The second-order valence-electron chi connectivity index (χ2n) is 9.09. The van der Waals surface area contributed by atoms with Crippen LogP contribution < -0.4 is 5.32 Å². The van der Waals surface area contributed by atoms with Gasteiger partial charge in [-0.1, -0.05) is 25.0 Å². The highest BCUT2D eigenvalue weighted by Crippen LogP contribution is 2.28. The van der Waals surface area contributed by atoms with Crippen molar-refractivity contribution in [3.05, 3.63) is 52.2 Å². The van der Waals surface area contributed by atoms with Gasteiger partial charge >= 0.3 is 0 Å². The molecule has 0 atom stereocenters. The molecule has 0 spiro atoms. The molecular formula is C26H33N3O3S. The van der Waals surface area contributed by atoms with E-state index in [9.17, 15) is 14.4 Å². The molecule has 176 valence electrons. The predicted octanol–water partition coefficient (Wildman–Crippen LogP) is 4.57. The monoisotopic (exact) mass is 467 g/mol. The number of amides is 3. The minimum Gasteiger partial charge on any atom is -0.339 e. The Bertz CT molecular complexity index is 945. The van der Waals surface area contributed by atoms with Gasteiger partial charge in [-0.25, -0.2) is 0 Å². The molecule has 3 amide bonds. The summed E-state index contributed by atoms with van der Waals surface area (Å²) in [5.74, 6) is 0.695. The number of carbonyl (C=O) groups excluding carboxylic acids is 3. The summed E-state index contributed by atoms with van der Waals surface area (Å²) in [5.41, 5.74) is 1.21. The van der Waals surface area contributed by atoms with Crippen molar-refractivity contribution >= 4 is 34.7 Å². The smallest absolute Gasteiger partial charge is 0.254 e. The Morgan fingerprint density at radius 3 is 2.45 bits per heavy atom. The topological polar surface area (TPSA) is 69.7 Å². The van der Waals surface area contributed by atoms with Crippen LogP contribution in [-0.2, 0) is 16.0 Å². The molecule has 4 rings (SSSR count). The third-order valence-corrected chi connectivity index (χ3v) is 7.59. The molecule has 33 heavy (non-hydrogen) atoms. The summed E-state index contributed by atoms with van der Waals surface area (Å²) in [6.45, 7) is 2.29. The summed E-state index contributed by atoms with van der Waals surface area (Å²) in [6, 6.07) is 11.3. The molecule has 2 heterocycles. The fourth-order valence-corrected chi connectivity index (χ4v) is 5.51. The first-order valence-corrected chi connectivity index (χ1v) is 13.0. The van der Waals surface area contributed by atoms with Crippen molar-refractivity contribution in [2.75, 3.05) is 31.5 Å². The highest BCUT2D eigenvalue weighted by atomic mass is 32.1. The predicted molar refractivity (Wildman–Crippen MR) is 131 cm³/mol. The molecule has 0 unspecified atom stereocenters. The highest BCUT2D eigenvalue weighted by Gasteiger charge is 2.27. The maximum Gasteiger partial charge on any atom is 0.254 e. The largest absolute Gasteiger partial charge is 0.339 e. The molecule has 1 aliphatic heterocycles. The number of hydrogen-bond donors (Lipinski definition) is 1. The number of nitrogens with zero attached hydrogens (tertiary/aromatic N) is 2. The van der Waals surface area contributed by atoms with Crippen LogP contribution in [0.2, 0.25) is 0 Å². The van der Waals surface area contributed by atoms with Gasteiger partial charge < -0.3 is 15.1 Å². The summed E-state index contributed by atoms with van der Waals surface area (Å²) in [7, 11) is 0. The normalized spacial score (nSPS) is 16.7. The SMILES string of the molecule is O=C(CCCc1cccs1)Nc1cccc(C(=O)N2CCN(C(=O)CC3CCCC3)CC2)c1. The second-order valence-corrected chi connectivity index (χ2v) is 10.1. The number of nitrogens with one attached hydrogen (secondary N) is 1. The standard InChI is InChI=1S/C26H33N3O3S/c30-24(12-4-10-23-11-5-17-33-23)27-22-9-3-8-21(19-22)26(32)29-15-13-28(14-16-29)25(31)18-20-6-1-2-7-20/h3,5,8-9,11,17,19-20H,1-2,4,6-7,10,12-16,18H2,(H,27,30). The van der Waals surface area contributed by atoms with Crippen LogP contribution in [0.4, 0.5) is 5.69 Å². The van der Waals surface area contributed by atoms with Crippen molar-refractivity contribution in [3.63, 3.8) is 0 Å². The maximum atomic E-state index is 13.0. The molecule has 0 radical (unpaired) electrons. The first-order chi connectivity index (χ1) is 16.1. The zero-order valence-corrected chi connectivity index (χ0v) is 19.9. The van der Waals surface area contributed by atoms with Gasteiger partial charge in [0, 0.05) is 55.1 Å². The van der Waals surface area contributed by atoms with Gasteiger partial charge in [0.05, 0.1) is 0 Å². The first kappa shape index (κ1) is 23.5. The molecule has 1 N–H and O–H groups in total. The Hall–Kier alpha value is -2.67. The van der Waals surface area contributed by atoms with Crippen molar-refractivity contribution in [2.24, 2.45) is 5.92 Å². The Morgan fingerprint density at radius 1 is 0.970 bits per heavy atom. The van der Waals surface area contributed by atoms with Crippen molar-refractivity contribution in [1.82, 2.24) is 9.80 Å². The molecule has 1 aliphatic carbocycles. The molecule has 1 saturated carbocycles. The molecule has 7 heteroatoms. The van der Waals surface area contributed by atoms with Crippen LogP contribution in [0.3, 0.4) is 0 Å². The van der Waals surface area contributed by atoms with E-state index in [1.807, 2.05) is 22.4 Å². The van der Waals surface area contributed by atoms with Crippen molar-refractivity contribution in [2.45, 2.75) is 51.4 Å². The highest BCUT2D eigenvalue weighted by molar-refractivity contribution is 7.09. The van der Waals surface area contributed by atoms with E-state index in [1.165, 1.54) is 30.6 Å². The van der Waals surface area contributed by atoms with Gasteiger partial charge in [0.25, 0.3) is 5.91 Å². The molecule has 1 saturated heterocycles. The minimum atomic E-state index is -0.0494. The van der Waals surface area contributed by atoms with Gasteiger partial charge in [0.2, 0.25) is 11.8 Å². The molecule has 0 bridgehead atoms. The van der Waals surface area contributed by atoms with Gasteiger partial charge in [-0.2, -0.15) is 0 Å². The van der Waals surface area contributed by atoms with Gasteiger partial charge in [0.1, 0.15) is 0 Å². The molecule has 1 aromatic carbocycles. The van der Waals surface area contributed by atoms with Crippen LogP contribution in [0.5, 0.6) is 0 Å². The van der Waals surface area contributed by atoms with Crippen LogP contribution in [-0.4, -0.2) is 53.7 Å². The third kappa shape index (κ3) is 6.67. The fourth-order valence-electron chi connectivity index (χ4n) is 4.76. The zero-order chi connectivity index (χ0) is 23.0. The lowest BCUT2D eigenvalue weighted by molar-refractivity contribution is -0.133. The Labute approximate surface area is 200 Å². The van der Waals surface area contributed by atoms with Gasteiger partial charge in [-0.3, -0.25) is 14.4 Å². The summed E-state index contributed by atoms with van der Waals surface area (Å²) in [6.07, 6.45) is 7.64. The minimum absolute atomic E-state index is 0.0365. The lowest BCUT2D eigenvalue weighted by atomic mass is 10.0. The number of aryl methyl sites for hydroxylation is 1. The Kier molecular flexibility index (Phi) is 8.15. The van der Waals surface area contributed by atoms with E-state index in [-0.39, 0.29) is 17.7 Å². The number of hydrogen-bond acceptors (Lipinski definition) is 4. The van der Waals surface area contributed by atoms with Gasteiger partial charge in [-0.05, 0) is 61.2 Å². The van der Waals surface area contributed by atoms with E-state index in [4.69, 9.17) is 0 Å². The number of thiophene rings is 1. The van der Waals surface area contributed by atoms with E-state index in [0.29, 0.717) is 56.2 Å². The van der Waals surface area contributed by atoms with E-state index in [1.54, 1.807) is 34.4 Å². The van der Waals surface area contributed by atoms with Crippen LogP contribution in [0.15, 0.2) is 41.8 Å². The number of benzene rings is 1. The summed E-state index contributed by atoms with van der Waals surface area (Å²) < 4.78 is 0. The number of piperazine rings is 1. The Balaban J connectivity index is 1.23. The van der Waals surface area contributed by atoms with Crippen LogP contribution in [0.1, 0.15) is 60.2 Å². The average molecular weight is 468 g/mol. The summed E-state index contributed by atoms with van der Waals surface area (Å²) >= 11 is 1.71. The maximum absolute atomic E-state index is 13.0. The van der Waals surface area contributed by atoms with E-state index in [2.05, 4.69) is 11.4 Å². The van der Waals surface area contributed by atoms with Crippen molar-refractivity contribution < 1.29 is 14.4 Å². The number of carbonyl (C=O) groups is 3. The quantitative estimate of drug-likeness (QED) is 0.618. The summed E-state index contributed by atoms with van der Waals surface area (Å²) in [4.78, 5) is 42.9. The summed E-state index contributed by atoms with van der Waals surface area (Å²) in [5, 5.41) is 4.97. The molecule has 2 aliphatic rings. The van der Waals surface area contributed by atoms with Gasteiger partial charge in [0.15, 0.2) is 0 Å². The second kappa shape index (κ2) is 11.5. The number of anilines is 1. The zero-order valence-electron chi connectivity index (χ0n) is 19.1. The molecule has 2 aromatic rings.